The van der Waals surface area contributed by atoms with Gasteiger partial charge in [0.25, 0.3) is 0 Å². The van der Waals surface area contributed by atoms with Crippen molar-refractivity contribution >= 4 is 17.9 Å². The molecule has 0 saturated heterocycles. The molecule has 0 aliphatic rings. The second kappa shape index (κ2) is 9.45. The van der Waals surface area contributed by atoms with Crippen LogP contribution in [0.3, 0.4) is 0 Å². The van der Waals surface area contributed by atoms with E-state index in [4.69, 9.17) is 5.11 Å². The number of carbonyl (C=O) groups excluding carboxylic acids is 2. The molecule has 0 unspecified atom stereocenters. The third kappa shape index (κ3) is 6.82. The molecule has 0 heterocycles. The van der Waals surface area contributed by atoms with Gasteiger partial charge >= 0.3 is 12.0 Å². The molecule has 3 amide bonds. The smallest absolute Gasteiger partial charge is 0.317 e. The zero-order valence-corrected chi connectivity index (χ0v) is 13.5. The van der Waals surface area contributed by atoms with Crippen LogP contribution < -0.4 is 5.32 Å². The number of urea groups is 1. The Morgan fingerprint density at radius 3 is 2.39 bits per heavy atom. The summed E-state index contributed by atoms with van der Waals surface area (Å²) >= 11 is 0. The van der Waals surface area contributed by atoms with Crippen LogP contribution in [-0.4, -0.2) is 59.5 Å². The number of hydrogen-bond donors (Lipinski definition) is 2. The predicted octanol–water partition coefficient (Wildman–Crippen LogP) is 1.15. The number of carboxylic acids is 1. The summed E-state index contributed by atoms with van der Waals surface area (Å²) in [5.74, 6) is -1.16. The van der Waals surface area contributed by atoms with Crippen molar-refractivity contribution in [2.45, 2.75) is 19.9 Å². The number of benzene rings is 1. The molecule has 1 aromatic carbocycles. The summed E-state index contributed by atoms with van der Waals surface area (Å²) in [4.78, 5) is 37.3. The van der Waals surface area contributed by atoms with Gasteiger partial charge in [0, 0.05) is 26.7 Å². The van der Waals surface area contributed by atoms with Crippen molar-refractivity contribution in [1.29, 1.82) is 0 Å². The lowest BCUT2D eigenvalue weighted by Crippen LogP contribution is -2.44. The van der Waals surface area contributed by atoms with Crippen LogP contribution in [-0.2, 0) is 16.1 Å². The number of amides is 3. The van der Waals surface area contributed by atoms with E-state index in [1.165, 1.54) is 11.9 Å². The van der Waals surface area contributed by atoms with Crippen LogP contribution in [0.15, 0.2) is 30.3 Å². The van der Waals surface area contributed by atoms with Crippen molar-refractivity contribution in [2.75, 3.05) is 26.7 Å². The van der Waals surface area contributed by atoms with Gasteiger partial charge in [-0.1, -0.05) is 30.3 Å². The van der Waals surface area contributed by atoms with Crippen molar-refractivity contribution in [2.24, 2.45) is 0 Å². The van der Waals surface area contributed by atoms with E-state index in [0.717, 1.165) is 5.56 Å². The summed E-state index contributed by atoms with van der Waals surface area (Å²) in [5, 5.41) is 11.1. The first kappa shape index (κ1) is 18.5. The molecular formula is C16H23N3O4. The average Bonchev–Trinajstić information content (AvgIpc) is 2.55. The molecule has 0 aliphatic carbocycles. The van der Waals surface area contributed by atoms with Gasteiger partial charge in [-0.15, -0.1) is 0 Å². The van der Waals surface area contributed by atoms with Gasteiger partial charge in [-0.25, -0.2) is 4.79 Å². The Hall–Kier alpha value is -2.57. The third-order valence-electron chi connectivity index (χ3n) is 3.35. The molecule has 0 aliphatic heterocycles. The molecule has 0 radical (unpaired) electrons. The number of rotatable bonds is 8. The van der Waals surface area contributed by atoms with E-state index in [9.17, 15) is 14.4 Å². The van der Waals surface area contributed by atoms with Crippen molar-refractivity contribution in [1.82, 2.24) is 15.1 Å². The van der Waals surface area contributed by atoms with E-state index in [2.05, 4.69) is 5.32 Å². The van der Waals surface area contributed by atoms with Crippen LogP contribution >= 0.6 is 0 Å². The predicted molar refractivity (Wildman–Crippen MR) is 85.8 cm³/mol. The molecule has 0 spiro atoms. The number of likely N-dealkylation sites (N-methyl/N-ethyl adjacent to an activating group) is 1. The van der Waals surface area contributed by atoms with Crippen LogP contribution in [0.25, 0.3) is 0 Å². The summed E-state index contributed by atoms with van der Waals surface area (Å²) in [5.41, 5.74) is 1.02. The maximum absolute atomic E-state index is 12.2. The van der Waals surface area contributed by atoms with Gasteiger partial charge in [0.1, 0.15) is 0 Å². The molecule has 0 fully saturated rings. The standard InChI is InChI=1S/C16H23N3O4/c1-3-19(12-13-7-5-4-6-8-13)14(20)11-17-16(23)18(2)10-9-15(21)22/h4-8H,3,9-12H2,1-2H3,(H,17,23)(H,21,22). The van der Waals surface area contributed by atoms with Gasteiger partial charge in [0.15, 0.2) is 0 Å². The Kier molecular flexibility index (Phi) is 7.59. The van der Waals surface area contributed by atoms with Crippen molar-refractivity contribution < 1.29 is 19.5 Å². The summed E-state index contributed by atoms with van der Waals surface area (Å²) < 4.78 is 0. The molecule has 1 rings (SSSR count). The largest absolute Gasteiger partial charge is 0.481 e. The Morgan fingerprint density at radius 2 is 1.83 bits per heavy atom. The lowest BCUT2D eigenvalue weighted by Gasteiger charge is -2.22. The molecule has 23 heavy (non-hydrogen) atoms. The van der Waals surface area contributed by atoms with E-state index in [1.54, 1.807) is 4.90 Å². The zero-order chi connectivity index (χ0) is 17.2. The average molecular weight is 321 g/mol. The second-order valence-corrected chi connectivity index (χ2v) is 5.12. The SMILES string of the molecule is CCN(Cc1ccccc1)C(=O)CNC(=O)N(C)CCC(=O)O. The normalized spacial score (nSPS) is 10.0. The van der Waals surface area contributed by atoms with Crippen molar-refractivity contribution in [3.63, 3.8) is 0 Å². The summed E-state index contributed by atoms with van der Waals surface area (Å²) in [6, 6.07) is 9.15. The lowest BCUT2D eigenvalue weighted by atomic mass is 10.2. The van der Waals surface area contributed by atoms with E-state index in [0.29, 0.717) is 13.1 Å². The number of carboxylic acid groups (broad SMARTS) is 1. The van der Waals surface area contributed by atoms with E-state index in [1.807, 2.05) is 37.3 Å². The maximum Gasteiger partial charge on any atom is 0.317 e. The monoisotopic (exact) mass is 321 g/mol. The minimum atomic E-state index is -0.972. The Morgan fingerprint density at radius 1 is 1.17 bits per heavy atom. The van der Waals surface area contributed by atoms with Gasteiger partial charge in [0.2, 0.25) is 5.91 Å². The first-order valence-electron chi connectivity index (χ1n) is 7.46. The van der Waals surface area contributed by atoms with Gasteiger partial charge in [-0.05, 0) is 12.5 Å². The summed E-state index contributed by atoms with van der Waals surface area (Å²) in [6.45, 7) is 2.88. The van der Waals surface area contributed by atoms with Crippen LogP contribution in [0.1, 0.15) is 18.9 Å². The lowest BCUT2D eigenvalue weighted by molar-refractivity contribution is -0.137. The number of aliphatic carboxylic acids is 1. The molecule has 1 aromatic rings. The molecular weight excluding hydrogens is 298 g/mol. The molecule has 0 bridgehead atoms. The molecule has 0 atom stereocenters. The van der Waals surface area contributed by atoms with Gasteiger partial charge in [-0.2, -0.15) is 0 Å². The fourth-order valence-corrected chi connectivity index (χ4v) is 1.94. The first-order valence-corrected chi connectivity index (χ1v) is 7.46. The van der Waals surface area contributed by atoms with E-state index < -0.39 is 12.0 Å². The fraction of sp³-hybridized carbons (Fsp3) is 0.438. The second-order valence-electron chi connectivity index (χ2n) is 5.12. The van der Waals surface area contributed by atoms with E-state index in [-0.39, 0.29) is 25.4 Å². The minimum absolute atomic E-state index is 0.0941. The van der Waals surface area contributed by atoms with Crippen LogP contribution in [0, 0.1) is 0 Å². The summed E-state index contributed by atoms with van der Waals surface area (Å²) in [7, 11) is 1.49. The molecule has 2 N–H and O–H groups in total. The highest BCUT2D eigenvalue weighted by atomic mass is 16.4. The highest BCUT2D eigenvalue weighted by Gasteiger charge is 2.15. The third-order valence-corrected chi connectivity index (χ3v) is 3.35. The molecule has 0 aromatic heterocycles. The van der Waals surface area contributed by atoms with Crippen LogP contribution in [0.2, 0.25) is 0 Å². The molecule has 7 heteroatoms. The van der Waals surface area contributed by atoms with Gasteiger partial charge in [-0.3, -0.25) is 9.59 Å². The molecule has 7 nitrogen and oxygen atoms in total. The first-order chi connectivity index (χ1) is 10.9. The summed E-state index contributed by atoms with van der Waals surface area (Å²) in [6.07, 6.45) is -0.132. The maximum atomic E-state index is 12.2. The number of nitrogens with one attached hydrogen (secondary N) is 1. The van der Waals surface area contributed by atoms with Gasteiger partial charge in [0.05, 0.1) is 13.0 Å². The van der Waals surface area contributed by atoms with Gasteiger partial charge < -0.3 is 20.2 Å². The van der Waals surface area contributed by atoms with Crippen LogP contribution in [0.5, 0.6) is 0 Å². The van der Waals surface area contributed by atoms with E-state index >= 15 is 0 Å². The zero-order valence-electron chi connectivity index (χ0n) is 13.5. The Labute approximate surface area is 135 Å². The number of hydrogen-bond acceptors (Lipinski definition) is 3. The highest BCUT2D eigenvalue weighted by Crippen LogP contribution is 2.04. The quantitative estimate of drug-likeness (QED) is 0.751. The van der Waals surface area contributed by atoms with Crippen molar-refractivity contribution in [3.8, 4) is 0 Å². The number of carbonyl (C=O) groups is 3. The minimum Gasteiger partial charge on any atom is -0.481 e. The van der Waals surface area contributed by atoms with Crippen LogP contribution in [0.4, 0.5) is 4.79 Å². The topological polar surface area (TPSA) is 90.0 Å². The highest BCUT2D eigenvalue weighted by molar-refractivity contribution is 5.84. The fourth-order valence-electron chi connectivity index (χ4n) is 1.94. The van der Waals surface area contributed by atoms with Crippen molar-refractivity contribution in [3.05, 3.63) is 35.9 Å². The molecule has 126 valence electrons. The molecule has 0 saturated carbocycles. The number of nitrogens with zero attached hydrogens (tertiary/aromatic N) is 2. The Bertz CT molecular complexity index is 533. The Balaban J connectivity index is 2.44.